The maximum absolute atomic E-state index is 10.9. The minimum Gasteiger partial charge on any atom is -0.377 e. The van der Waals surface area contributed by atoms with Crippen molar-refractivity contribution in [1.29, 1.82) is 0 Å². The Labute approximate surface area is 115 Å². The number of aryl methyl sites for hydroxylation is 1. The van der Waals surface area contributed by atoms with Gasteiger partial charge in [-0.05, 0) is 30.9 Å². The summed E-state index contributed by atoms with van der Waals surface area (Å²) in [6, 6.07) is 6.53. The Balaban J connectivity index is 2.59. The first-order chi connectivity index (χ1) is 9.13. The molecule has 1 saturated carbocycles. The lowest BCUT2D eigenvalue weighted by molar-refractivity contribution is 0.456. The average molecular weight is 258 g/mol. The summed E-state index contributed by atoms with van der Waals surface area (Å²) in [6.45, 7) is 2.15. The molecule has 0 radical (unpaired) electrons. The van der Waals surface area contributed by atoms with Crippen LogP contribution in [0.5, 0.6) is 0 Å². The minimum atomic E-state index is -0.341. The van der Waals surface area contributed by atoms with E-state index in [2.05, 4.69) is 35.0 Å². The largest absolute Gasteiger partial charge is 0.377 e. The van der Waals surface area contributed by atoms with E-state index in [1.807, 2.05) is 20.2 Å². The van der Waals surface area contributed by atoms with E-state index in [4.69, 9.17) is 0 Å². The molecule has 0 aliphatic heterocycles. The monoisotopic (exact) mass is 258 g/mol. The van der Waals surface area contributed by atoms with Gasteiger partial charge in [0.15, 0.2) is 0 Å². The fourth-order valence-electron chi connectivity index (χ4n) is 3.05. The van der Waals surface area contributed by atoms with Gasteiger partial charge in [-0.2, -0.15) is 4.99 Å². The van der Waals surface area contributed by atoms with Crippen molar-refractivity contribution in [3.05, 3.63) is 29.3 Å². The summed E-state index contributed by atoms with van der Waals surface area (Å²) in [5, 5.41) is 0. The van der Waals surface area contributed by atoms with E-state index in [0.29, 0.717) is 0 Å². The summed E-state index contributed by atoms with van der Waals surface area (Å²) in [7, 11) is 4.08. The van der Waals surface area contributed by atoms with E-state index in [9.17, 15) is 4.79 Å². The number of rotatable bonds is 4. The molecule has 1 aliphatic rings. The molecule has 0 N–H and O–H groups in total. The van der Waals surface area contributed by atoms with Crippen molar-refractivity contribution in [2.75, 3.05) is 19.0 Å². The van der Waals surface area contributed by atoms with Gasteiger partial charge in [0.2, 0.25) is 6.08 Å². The maximum atomic E-state index is 10.9. The Hall–Kier alpha value is -1.60. The second kappa shape index (κ2) is 5.58. The minimum absolute atomic E-state index is 0.341. The highest BCUT2D eigenvalue weighted by atomic mass is 16.1. The lowest BCUT2D eigenvalue weighted by Crippen LogP contribution is -2.24. The highest BCUT2D eigenvalue weighted by Gasteiger charge is 2.37. The molecular formula is C16H22N2O. The molecule has 0 spiro atoms. The van der Waals surface area contributed by atoms with Crippen LogP contribution in [-0.4, -0.2) is 20.2 Å². The van der Waals surface area contributed by atoms with Crippen LogP contribution in [0.2, 0.25) is 0 Å². The molecule has 0 heterocycles. The smallest absolute Gasteiger partial charge is 0.235 e. The molecule has 19 heavy (non-hydrogen) atoms. The molecule has 1 aromatic carbocycles. The molecule has 3 heteroatoms. The van der Waals surface area contributed by atoms with Crippen LogP contribution in [0, 0.1) is 0 Å². The quantitative estimate of drug-likeness (QED) is 0.612. The van der Waals surface area contributed by atoms with E-state index in [1.165, 1.54) is 11.1 Å². The third kappa shape index (κ3) is 2.57. The fourth-order valence-corrected chi connectivity index (χ4v) is 3.05. The van der Waals surface area contributed by atoms with Crippen molar-refractivity contribution in [2.24, 2.45) is 4.99 Å². The summed E-state index contributed by atoms with van der Waals surface area (Å²) in [6.07, 6.45) is 6.99. The zero-order valence-corrected chi connectivity index (χ0v) is 12.1. The van der Waals surface area contributed by atoms with E-state index < -0.39 is 0 Å². The second-order valence-electron chi connectivity index (χ2n) is 5.54. The number of isocyanates is 1. The molecule has 0 unspecified atom stereocenters. The lowest BCUT2D eigenvalue weighted by Gasteiger charge is -2.29. The maximum Gasteiger partial charge on any atom is 0.235 e. The first-order valence-corrected chi connectivity index (χ1v) is 7.03. The number of hydrogen-bond donors (Lipinski definition) is 0. The SMILES string of the molecule is CCc1ccc(N(C)C)c(C2(N=C=O)CCCC2)c1. The van der Waals surface area contributed by atoms with Crippen molar-refractivity contribution >= 4 is 11.8 Å². The zero-order valence-electron chi connectivity index (χ0n) is 12.1. The van der Waals surface area contributed by atoms with Crippen LogP contribution in [-0.2, 0) is 16.8 Å². The summed E-state index contributed by atoms with van der Waals surface area (Å²) < 4.78 is 0. The van der Waals surface area contributed by atoms with Gasteiger partial charge in [0.25, 0.3) is 0 Å². The van der Waals surface area contributed by atoms with Crippen LogP contribution in [0.3, 0.4) is 0 Å². The molecule has 2 rings (SSSR count). The van der Waals surface area contributed by atoms with Crippen LogP contribution < -0.4 is 4.90 Å². The molecule has 0 aromatic heterocycles. The third-order valence-corrected chi connectivity index (χ3v) is 4.14. The van der Waals surface area contributed by atoms with Crippen molar-refractivity contribution in [3.63, 3.8) is 0 Å². The van der Waals surface area contributed by atoms with E-state index in [1.54, 1.807) is 0 Å². The van der Waals surface area contributed by atoms with Gasteiger partial charge < -0.3 is 4.90 Å². The van der Waals surface area contributed by atoms with Gasteiger partial charge in [-0.25, -0.2) is 4.79 Å². The zero-order chi connectivity index (χ0) is 13.9. The molecule has 102 valence electrons. The second-order valence-corrected chi connectivity index (χ2v) is 5.54. The van der Waals surface area contributed by atoms with Crippen molar-refractivity contribution in [2.45, 2.75) is 44.6 Å². The topological polar surface area (TPSA) is 32.7 Å². The normalized spacial score (nSPS) is 17.0. The predicted molar refractivity (Wildman–Crippen MR) is 78.4 cm³/mol. The summed E-state index contributed by atoms with van der Waals surface area (Å²) >= 11 is 0. The van der Waals surface area contributed by atoms with Crippen LogP contribution in [0.4, 0.5) is 5.69 Å². The van der Waals surface area contributed by atoms with E-state index in [-0.39, 0.29) is 5.54 Å². The number of carbonyl (C=O) groups excluding carboxylic acids is 1. The Kier molecular flexibility index (Phi) is 4.06. The van der Waals surface area contributed by atoms with Gasteiger partial charge in [0, 0.05) is 25.3 Å². The van der Waals surface area contributed by atoms with Gasteiger partial charge in [0.05, 0.1) is 0 Å². The van der Waals surface area contributed by atoms with Crippen molar-refractivity contribution < 1.29 is 4.79 Å². The molecular weight excluding hydrogens is 236 g/mol. The first-order valence-electron chi connectivity index (χ1n) is 7.03. The Morgan fingerprint density at radius 2 is 2.00 bits per heavy atom. The van der Waals surface area contributed by atoms with Crippen molar-refractivity contribution in [3.8, 4) is 0 Å². The molecule has 0 bridgehead atoms. The highest BCUT2D eigenvalue weighted by Crippen LogP contribution is 2.45. The summed E-state index contributed by atoms with van der Waals surface area (Å²) in [4.78, 5) is 17.2. The highest BCUT2D eigenvalue weighted by molar-refractivity contribution is 5.58. The molecule has 1 aliphatic carbocycles. The Bertz CT molecular complexity index is 495. The lowest BCUT2D eigenvalue weighted by atomic mass is 9.86. The average Bonchev–Trinajstić information content (AvgIpc) is 2.88. The van der Waals surface area contributed by atoms with Gasteiger partial charge in [-0.1, -0.05) is 31.9 Å². The molecule has 1 fully saturated rings. The van der Waals surface area contributed by atoms with Crippen LogP contribution in [0.25, 0.3) is 0 Å². The van der Waals surface area contributed by atoms with Gasteiger partial charge in [-0.15, -0.1) is 0 Å². The number of hydrogen-bond acceptors (Lipinski definition) is 3. The third-order valence-electron chi connectivity index (χ3n) is 4.14. The Morgan fingerprint density at radius 3 is 2.53 bits per heavy atom. The van der Waals surface area contributed by atoms with E-state index in [0.717, 1.165) is 37.8 Å². The number of nitrogens with zero attached hydrogens (tertiary/aromatic N) is 2. The summed E-state index contributed by atoms with van der Waals surface area (Å²) in [5.41, 5.74) is 3.32. The molecule has 0 atom stereocenters. The molecule has 0 amide bonds. The standard InChI is InChI=1S/C16H22N2O/c1-4-13-7-8-15(18(2)3)14(11-13)16(17-12-19)9-5-6-10-16/h7-8,11H,4-6,9-10H2,1-3H3. The van der Waals surface area contributed by atoms with Crippen LogP contribution in [0.1, 0.15) is 43.7 Å². The Morgan fingerprint density at radius 1 is 1.32 bits per heavy atom. The number of aliphatic imine (C=N–C) groups is 1. The molecule has 0 saturated heterocycles. The van der Waals surface area contributed by atoms with Crippen LogP contribution in [0.15, 0.2) is 23.2 Å². The van der Waals surface area contributed by atoms with E-state index >= 15 is 0 Å². The number of benzene rings is 1. The van der Waals surface area contributed by atoms with Gasteiger partial charge in [0.1, 0.15) is 5.54 Å². The summed E-state index contributed by atoms with van der Waals surface area (Å²) in [5.74, 6) is 0. The fraction of sp³-hybridized carbons (Fsp3) is 0.562. The predicted octanol–water partition coefficient (Wildman–Crippen LogP) is 3.42. The van der Waals surface area contributed by atoms with Gasteiger partial charge >= 0.3 is 0 Å². The number of anilines is 1. The van der Waals surface area contributed by atoms with Gasteiger partial charge in [-0.3, -0.25) is 0 Å². The van der Waals surface area contributed by atoms with Crippen molar-refractivity contribution in [1.82, 2.24) is 0 Å². The molecule has 1 aromatic rings. The van der Waals surface area contributed by atoms with Crippen LogP contribution >= 0.6 is 0 Å². The first kappa shape index (κ1) is 13.8. The molecule has 3 nitrogen and oxygen atoms in total.